The molecule has 0 aliphatic carbocycles. The summed E-state index contributed by atoms with van der Waals surface area (Å²) in [5.41, 5.74) is 2.76. The van der Waals surface area contributed by atoms with E-state index in [2.05, 4.69) is 10.1 Å². The lowest BCUT2D eigenvalue weighted by molar-refractivity contribution is 0.386. The molecule has 5 nitrogen and oxygen atoms in total. The Hall–Kier alpha value is -3.41. The molecular weight excluding hydrogens is 333 g/mol. The molecule has 4 aromatic rings. The van der Waals surface area contributed by atoms with Crippen LogP contribution in [-0.4, -0.2) is 21.7 Å². The molecule has 2 aromatic heterocycles. The number of aryl methyl sites for hydroxylation is 1. The van der Waals surface area contributed by atoms with Crippen LogP contribution in [0.15, 0.2) is 60.8 Å². The van der Waals surface area contributed by atoms with Crippen molar-refractivity contribution in [3.63, 3.8) is 0 Å². The number of nitrogens with zero attached hydrogens (tertiary/aromatic N) is 3. The fourth-order valence-corrected chi connectivity index (χ4v) is 2.88. The third-order valence-electron chi connectivity index (χ3n) is 4.06. The average Bonchev–Trinajstić information content (AvgIpc) is 2.99. The van der Waals surface area contributed by atoms with E-state index >= 15 is 0 Å². The van der Waals surface area contributed by atoms with Gasteiger partial charge in [0.2, 0.25) is 5.88 Å². The van der Waals surface area contributed by atoms with Gasteiger partial charge in [0.15, 0.2) is 17.2 Å². The largest absolute Gasteiger partial charge is 0.494 e. The molecule has 26 heavy (non-hydrogen) atoms. The molecule has 0 radical (unpaired) electrons. The van der Waals surface area contributed by atoms with Gasteiger partial charge in [-0.3, -0.25) is 0 Å². The molecule has 0 bridgehead atoms. The van der Waals surface area contributed by atoms with Gasteiger partial charge in [-0.05, 0) is 36.8 Å². The number of para-hydroxylation sites is 1. The van der Waals surface area contributed by atoms with E-state index in [-0.39, 0.29) is 5.75 Å². The zero-order valence-electron chi connectivity index (χ0n) is 14.3. The first-order valence-electron chi connectivity index (χ1n) is 8.08. The molecule has 0 unspecified atom stereocenters. The van der Waals surface area contributed by atoms with Crippen LogP contribution in [-0.2, 0) is 0 Å². The molecule has 0 fully saturated rings. The maximum absolute atomic E-state index is 14.1. The minimum absolute atomic E-state index is 0.198. The Kier molecular flexibility index (Phi) is 4.01. The lowest BCUT2D eigenvalue weighted by Crippen LogP contribution is -1.97. The molecule has 6 heteroatoms. The SMILES string of the molecule is COc1ccc(-c2c(C)nn3c(Oc4ccccc4)ccnc23)cc1F. The highest BCUT2D eigenvalue weighted by Crippen LogP contribution is 2.32. The number of ether oxygens (including phenoxy) is 2. The number of benzene rings is 2. The van der Waals surface area contributed by atoms with Crippen LogP contribution in [0.1, 0.15) is 5.69 Å². The minimum atomic E-state index is -0.430. The lowest BCUT2D eigenvalue weighted by atomic mass is 10.1. The van der Waals surface area contributed by atoms with Gasteiger partial charge < -0.3 is 9.47 Å². The number of rotatable bonds is 4. The Morgan fingerprint density at radius 2 is 1.85 bits per heavy atom. The number of aromatic nitrogens is 3. The topological polar surface area (TPSA) is 48.7 Å². The van der Waals surface area contributed by atoms with Crippen LogP contribution < -0.4 is 9.47 Å². The van der Waals surface area contributed by atoms with Gasteiger partial charge >= 0.3 is 0 Å². The van der Waals surface area contributed by atoms with Gasteiger partial charge in [0.25, 0.3) is 0 Å². The monoisotopic (exact) mass is 349 g/mol. The predicted molar refractivity (Wildman–Crippen MR) is 96.2 cm³/mol. The third-order valence-corrected chi connectivity index (χ3v) is 4.06. The Morgan fingerprint density at radius 3 is 2.58 bits per heavy atom. The summed E-state index contributed by atoms with van der Waals surface area (Å²) in [7, 11) is 1.44. The summed E-state index contributed by atoms with van der Waals surface area (Å²) in [6, 6.07) is 16.0. The Labute approximate surface area is 149 Å². The van der Waals surface area contributed by atoms with Crippen LogP contribution in [0.5, 0.6) is 17.4 Å². The van der Waals surface area contributed by atoms with E-state index in [4.69, 9.17) is 9.47 Å². The second-order valence-electron chi connectivity index (χ2n) is 5.74. The van der Waals surface area contributed by atoms with E-state index in [0.29, 0.717) is 22.8 Å². The highest BCUT2D eigenvalue weighted by molar-refractivity contribution is 5.80. The van der Waals surface area contributed by atoms with Crippen molar-refractivity contribution < 1.29 is 13.9 Å². The first-order chi connectivity index (χ1) is 12.7. The fraction of sp³-hybridized carbons (Fsp3) is 0.100. The highest BCUT2D eigenvalue weighted by Gasteiger charge is 2.17. The van der Waals surface area contributed by atoms with Crippen molar-refractivity contribution in [1.29, 1.82) is 0 Å². The predicted octanol–water partition coefficient (Wildman–Crippen LogP) is 4.64. The van der Waals surface area contributed by atoms with Crippen molar-refractivity contribution in [2.45, 2.75) is 6.92 Å². The highest BCUT2D eigenvalue weighted by atomic mass is 19.1. The van der Waals surface area contributed by atoms with E-state index in [1.807, 2.05) is 37.3 Å². The maximum atomic E-state index is 14.1. The van der Waals surface area contributed by atoms with Crippen LogP contribution in [0.4, 0.5) is 4.39 Å². The molecule has 2 aromatic carbocycles. The van der Waals surface area contributed by atoms with Crippen LogP contribution in [0.3, 0.4) is 0 Å². The first-order valence-corrected chi connectivity index (χ1v) is 8.08. The van der Waals surface area contributed by atoms with Gasteiger partial charge in [0, 0.05) is 17.8 Å². The summed E-state index contributed by atoms with van der Waals surface area (Å²) >= 11 is 0. The van der Waals surface area contributed by atoms with E-state index < -0.39 is 5.82 Å². The summed E-state index contributed by atoms with van der Waals surface area (Å²) in [6.07, 6.45) is 1.65. The third kappa shape index (κ3) is 2.75. The molecule has 130 valence electrons. The van der Waals surface area contributed by atoms with Gasteiger partial charge in [-0.15, -0.1) is 0 Å². The minimum Gasteiger partial charge on any atom is -0.494 e. The van der Waals surface area contributed by atoms with Gasteiger partial charge in [0.05, 0.1) is 12.8 Å². The average molecular weight is 349 g/mol. The van der Waals surface area contributed by atoms with Gasteiger partial charge in [-0.25, -0.2) is 9.37 Å². The van der Waals surface area contributed by atoms with Crippen molar-refractivity contribution in [2.24, 2.45) is 0 Å². The molecule has 0 aliphatic heterocycles. The standard InChI is InChI=1S/C20H16FN3O2/c1-13-19(14-8-9-17(25-2)16(21)12-14)20-22-11-10-18(24(20)23-13)26-15-6-4-3-5-7-15/h3-12H,1-2H3. The van der Waals surface area contributed by atoms with Gasteiger partial charge in [-0.2, -0.15) is 9.61 Å². The summed E-state index contributed by atoms with van der Waals surface area (Å²) in [5, 5.41) is 4.53. The van der Waals surface area contributed by atoms with Crippen molar-refractivity contribution >= 4 is 5.65 Å². The molecular formula is C20H16FN3O2. The fourth-order valence-electron chi connectivity index (χ4n) is 2.88. The van der Waals surface area contributed by atoms with Gasteiger partial charge in [-0.1, -0.05) is 24.3 Å². The zero-order valence-corrected chi connectivity index (χ0v) is 14.3. The van der Waals surface area contributed by atoms with E-state index in [1.54, 1.807) is 28.9 Å². The van der Waals surface area contributed by atoms with Crippen molar-refractivity contribution in [1.82, 2.24) is 14.6 Å². The molecule has 0 saturated heterocycles. The molecule has 0 aliphatic rings. The molecule has 0 saturated carbocycles. The molecule has 2 heterocycles. The second-order valence-corrected chi connectivity index (χ2v) is 5.74. The van der Waals surface area contributed by atoms with E-state index in [0.717, 1.165) is 11.3 Å². The zero-order chi connectivity index (χ0) is 18.1. The van der Waals surface area contributed by atoms with E-state index in [9.17, 15) is 4.39 Å². The van der Waals surface area contributed by atoms with Crippen LogP contribution >= 0.6 is 0 Å². The number of hydrogen-bond donors (Lipinski definition) is 0. The Bertz CT molecular complexity index is 1080. The number of halogens is 1. The lowest BCUT2D eigenvalue weighted by Gasteiger charge is -2.07. The van der Waals surface area contributed by atoms with E-state index in [1.165, 1.54) is 13.2 Å². The number of fused-ring (bicyclic) bond motifs is 1. The molecule has 0 N–H and O–H groups in total. The summed E-state index contributed by atoms with van der Waals surface area (Å²) in [6.45, 7) is 1.86. The van der Waals surface area contributed by atoms with Crippen LogP contribution in [0, 0.1) is 12.7 Å². The normalized spacial score (nSPS) is 10.9. The first kappa shape index (κ1) is 16.1. The second kappa shape index (κ2) is 6.48. The summed E-state index contributed by atoms with van der Waals surface area (Å²) < 4.78 is 26.7. The van der Waals surface area contributed by atoms with Crippen molar-refractivity contribution in [3.8, 4) is 28.5 Å². The smallest absolute Gasteiger partial charge is 0.223 e. The van der Waals surface area contributed by atoms with Crippen LogP contribution in [0.2, 0.25) is 0 Å². The van der Waals surface area contributed by atoms with Crippen molar-refractivity contribution in [3.05, 3.63) is 72.3 Å². The van der Waals surface area contributed by atoms with Crippen molar-refractivity contribution in [2.75, 3.05) is 7.11 Å². The molecule has 0 spiro atoms. The molecule has 0 atom stereocenters. The summed E-state index contributed by atoms with van der Waals surface area (Å²) in [5.74, 6) is 0.999. The molecule has 4 rings (SSSR count). The molecule has 0 amide bonds. The summed E-state index contributed by atoms with van der Waals surface area (Å²) in [4.78, 5) is 4.42. The maximum Gasteiger partial charge on any atom is 0.223 e. The Balaban J connectivity index is 1.83. The Morgan fingerprint density at radius 1 is 1.04 bits per heavy atom. The number of hydrogen-bond acceptors (Lipinski definition) is 4. The number of methoxy groups -OCH3 is 1. The quantitative estimate of drug-likeness (QED) is 0.538. The van der Waals surface area contributed by atoms with Gasteiger partial charge in [0.1, 0.15) is 5.75 Å². The van der Waals surface area contributed by atoms with Crippen LogP contribution in [0.25, 0.3) is 16.8 Å².